The lowest BCUT2D eigenvalue weighted by molar-refractivity contribution is -0.309. The Hall–Kier alpha value is -3.76. The predicted octanol–water partition coefficient (Wildman–Crippen LogP) is 0.161. The molecule has 0 unspecified atom stereocenters. The van der Waals surface area contributed by atoms with E-state index < -0.39 is 152 Å². The van der Waals surface area contributed by atoms with E-state index in [-0.39, 0.29) is 70.0 Å². The highest BCUT2D eigenvalue weighted by Gasteiger charge is 2.51. The van der Waals surface area contributed by atoms with Crippen LogP contribution in [0.5, 0.6) is 0 Å². The van der Waals surface area contributed by atoms with Gasteiger partial charge in [0.1, 0.15) is 18.3 Å². The van der Waals surface area contributed by atoms with Gasteiger partial charge in [0.2, 0.25) is 11.8 Å². The van der Waals surface area contributed by atoms with Crippen LogP contribution in [0.15, 0.2) is 85.1 Å². The summed E-state index contributed by atoms with van der Waals surface area (Å²) >= 11 is 0. The molecule has 22 nitrogen and oxygen atoms in total. The number of amides is 2. The fourth-order valence-corrected chi connectivity index (χ4v) is 9.43. The Morgan fingerprint density at radius 3 is 1.91 bits per heavy atom. The minimum absolute atomic E-state index is 0. The van der Waals surface area contributed by atoms with E-state index in [9.17, 15) is 70.6 Å². The van der Waals surface area contributed by atoms with Gasteiger partial charge in [0.15, 0.2) is 12.1 Å². The zero-order valence-corrected chi connectivity index (χ0v) is 46.8. The third-order valence-corrected chi connectivity index (χ3v) is 14.2. The first-order valence-corrected chi connectivity index (χ1v) is 27.4. The largest absolute Gasteiger partial charge is 0.462 e. The van der Waals surface area contributed by atoms with Crippen LogP contribution in [0, 0.1) is 17.8 Å². The predicted molar refractivity (Wildman–Crippen MR) is 296 cm³/mol. The van der Waals surface area contributed by atoms with Crippen LogP contribution < -0.4 is 22.1 Å². The Labute approximate surface area is 471 Å². The summed E-state index contributed by atoms with van der Waals surface area (Å²) in [7, 11) is 0. The van der Waals surface area contributed by atoms with Crippen molar-refractivity contribution in [1.82, 2.24) is 10.6 Å². The van der Waals surface area contributed by atoms with Gasteiger partial charge in [0.05, 0.1) is 85.5 Å². The molecule has 452 valence electrons. The summed E-state index contributed by atoms with van der Waals surface area (Å²) in [5.74, 6) is -6.62. The minimum Gasteiger partial charge on any atom is -0.462 e. The molecule has 2 bridgehead atoms. The van der Waals surface area contributed by atoms with Crippen molar-refractivity contribution >= 4 is 30.2 Å². The van der Waals surface area contributed by atoms with Crippen LogP contribution in [-0.2, 0) is 33.3 Å². The summed E-state index contributed by atoms with van der Waals surface area (Å²) in [5.41, 5.74) is 11.7. The maximum Gasteiger partial charge on any atom is 0.308 e. The van der Waals surface area contributed by atoms with E-state index >= 15 is 0 Å². The summed E-state index contributed by atoms with van der Waals surface area (Å²) in [6.07, 6.45) is 4.42. The molecule has 20 atom stereocenters. The Balaban J connectivity index is 0.0000213. The molecular weight excluding hydrogens is 1050 g/mol. The van der Waals surface area contributed by atoms with Gasteiger partial charge in [0.25, 0.3) is 0 Å². The van der Waals surface area contributed by atoms with E-state index in [2.05, 4.69) is 10.6 Å². The first kappa shape index (κ1) is 71.3. The van der Waals surface area contributed by atoms with Crippen LogP contribution in [-0.4, -0.2) is 197 Å². The van der Waals surface area contributed by atoms with Crippen molar-refractivity contribution in [3.05, 3.63) is 85.1 Å². The minimum atomic E-state index is -2.38. The summed E-state index contributed by atoms with van der Waals surface area (Å²) in [6.45, 7) is 6.89. The van der Waals surface area contributed by atoms with Gasteiger partial charge in [-0.25, -0.2) is 0 Å². The SMILES string of the molecule is C[C@@H]1[C@H](O)[C@@H](C)/C=C/C=C/C=C/C=C/C=C/C=C/C=C/[C@H](O[C@@H]2O[C@H](C)[C@@H](O)[C@H](NC(=O)[C@@H](N)CCCCN)[C@@H]2O)C[C@@H]2O[C@](O)(C[C@@H](O)[C@H](O)CC[C@@H](O)C[C@@H](O)C[C@@H](O)CC(=O)O[C@H]1C)C[C@H](O)[C@H]2C(=O)NCCCO.Cl. The maximum absolute atomic E-state index is 13.8. The summed E-state index contributed by atoms with van der Waals surface area (Å²) in [5, 5.41) is 126. The number of hydrogen-bond acceptors (Lipinski definition) is 20. The van der Waals surface area contributed by atoms with E-state index in [0.717, 1.165) is 0 Å². The lowest BCUT2D eigenvalue weighted by atomic mass is 9.82. The maximum atomic E-state index is 13.8. The van der Waals surface area contributed by atoms with Gasteiger partial charge in [-0.15, -0.1) is 12.4 Å². The van der Waals surface area contributed by atoms with Gasteiger partial charge >= 0.3 is 5.97 Å². The second-order valence-electron chi connectivity index (χ2n) is 20.9. The number of carbonyl (C=O) groups excluding carboxylic acids is 3. The van der Waals surface area contributed by atoms with Crippen LogP contribution in [0.2, 0.25) is 0 Å². The van der Waals surface area contributed by atoms with Crippen LogP contribution >= 0.6 is 12.4 Å². The lowest BCUT2D eigenvalue weighted by Crippen LogP contribution is -2.65. The molecule has 0 aromatic heterocycles. The number of allylic oxidation sites excluding steroid dienone is 12. The Bertz CT molecular complexity index is 1990. The third-order valence-electron chi connectivity index (χ3n) is 14.2. The topological polar surface area (TPSA) is 387 Å². The standard InChI is InChI=1S/C56H92N4O18.ClH/c1-34-20-15-13-11-9-7-5-6-8-10-12-14-16-21-41(77-55-52(71)49(51(70)37(4)76-55)60-53(72)42(58)22-17-18-25-57)31-46-48(54(73)59-26-19-27-61)45(67)33-56(74,78-46)32-44(66)43(65)24-23-38(62)28-39(63)29-40(64)30-47(68)75-36(3)35(2)50(34)69;/h5-16,20-21,34-46,48-52,55,61-67,69-71,74H,17-19,22-33,57-58H2,1-4H3,(H,59,73)(H,60,72);1H/b6-5+,9-7+,10-8+,13-11+,14-12+,20-15+,21-16+;/t34-,35-,36-,37+,38+,39+,40+,41-,42-,43+,44+,45-,46-,48+,49-,50+,51+,52-,55-,56+;/m0./s1. The number of fused-ring (bicyclic) bond motifs is 2. The van der Waals surface area contributed by atoms with Crippen LogP contribution in [0.4, 0.5) is 0 Å². The number of unbranched alkanes of at least 4 members (excludes halogenated alkanes) is 1. The second kappa shape index (κ2) is 37.4. The Kier molecular flexibility index (Phi) is 33.7. The smallest absolute Gasteiger partial charge is 0.308 e. The molecule has 3 aliphatic heterocycles. The number of cyclic esters (lactones) is 1. The quantitative estimate of drug-likeness (QED) is 0.0914. The first-order chi connectivity index (χ1) is 37.0. The molecule has 0 saturated carbocycles. The number of carbonyl (C=O) groups is 3. The molecule has 0 radical (unpaired) electrons. The number of aliphatic hydroxyl groups is 11. The van der Waals surface area contributed by atoms with Crippen LogP contribution in [0.1, 0.15) is 105 Å². The molecule has 3 aliphatic rings. The number of ether oxygens (including phenoxy) is 4. The summed E-state index contributed by atoms with van der Waals surface area (Å²) in [4.78, 5) is 39.7. The van der Waals surface area contributed by atoms with Gasteiger partial charge in [-0.1, -0.05) is 105 Å². The van der Waals surface area contributed by atoms with E-state index in [1.807, 2.05) is 13.0 Å². The average Bonchev–Trinajstić information content (AvgIpc) is 3.41. The van der Waals surface area contributed by atoms with Crippen molar-refractivity contribution in [1.29, 1.82) is 0 Å². The molecule has 2 saturated heterocycles. The summed E-state index contributed by atoms with van der Waals surface area (Å²) in [6, 6.07) is -2.29. The molecule has 23 heteroatoms. The lowest BCUT2D eigenvalue weighted by Gasteiger charge is -2.46. The first-order valence-electron chi connectivity index (χ1n) is 27.4. The number of esters is 1. The van der Waals surface area contributed by atoms with Gasteiger partial charge in [-0.2, -0.15) is 0 Å². The van der Waals surface area contributed by atoms with Crippen molar-refractivity contribution in [2.75, 3.05) is 19.7 Å². The molecular formula is C56H93ClN4O18. The fourth-order valence-electron chi connectivity index (χ4n) is 9.43. The molecule has 2 amide bonds. The van der Waals surface area contributed by atoms with E-state index in [1.165, 1.54) is 13.0 Å². The van der Waals surface area contributed by atoms with E-state index in [4.69, 9.17) is 30.4 Å². The number of nitrogens with one attached hydrogen (secondary N) is 2. The Morgan fingerprint density at radius 2 is 1.30 bits per heavy atom. The molecule has 0 aliphatic carbocycles. The third kappa shape index (κ3) is 25.5. The molecule has 2 fully saturated rings. The highest BCUT2D eigenvalue weighted by Crippen LogP contribution is 2.38. The van der Waals surface area contributed by atoms with Crippen molar-refractivity contribution in [2.45, 2.75) is 208 Å². The molecule has 79 heavy (non-hydrogen) atoms. The van der Waals surface area contributed by atoms with Crippen molar-refractivity contribution in [3.63, 3.8) is 0 Å². The zero-order valence-electron chi connectivity index (χ0n) is 46.0. The van der Waals surface area contributed by atoms with Crippen LogP contribution in [0.3, 0.4) is 0 Å². The Morgan fingerprint density at radius 1 is 0.722 bits per heavy atom. The van der Waals surface area contributed by atoms with Gasteiger partial charge in [-0.3, -0.25) is 14.4 Å². The van der Waals surface area contributed by atoms with Gasteiger partial charge < -0.3 is 97.2 Å². The number of halogens is 1. The van der Waals surface area contributed by atoms with Gasteiger partial charge in [0, 0.05) is 44.2 Å². The van der Waals surface area contributed by atoms with Crippen molar-refractivity contribution in [3.8, 4) is 0 Å². The van der Waals surface area contributed by atoms with E-state index in [1.54, 1.807) is 86.8 Å². The average molecular weight is 1150 g/mol. The molecule has 0 aromatic carbocycles. The molecule has 17 N–H and O–H groups in total. The second-order valence-corrected chi connectivity index (χ2v) is 20.9. The highest BCUT2D eigenvalue weighted by molar-refractivity contribution is 5.85. The van der Waals surface area contributed by atoms with Crippen LogP contribution in [0.25, 0.3) is 0 Å². The number of nitrogens with two attached hydrogens (primary N) is 2. The molecule has 3 rings (SSSR count). The number of rotatable bonds is 12. The fraction of sp³-hybridized carbons (Fsp3) is 0.696. The normalized spacial score (nSPS) is 39.7. The monoisotopic (exact) mass is 1140 g/mol. The van der Waals surface area contributed by atoms with E-state index in [0.29, 0.717) is 25.8 Å². The number of aliphatic hydroxyl groups excluding tert-OH is 10. The summed E-state index contributed by atoms with van der Waals surface area (Å²) < 4.78 is 24.0. The highest BCUT2D eigenvalue weighted by atomic mass is 35.5. The molecule has 0 spiro atoms. The molecule has 3 heterocycles. The van der Waals surface area contributed by atoms with Gasteiger partial charge in [-0.05, 0) is 65.3 Å². The van der Waals surface area contributed by atoms with Crippen molar-refractivity contribution in [2.24, 2.45) is 29.2 Å². The zero-order chi connectivity index (χ0) is 58.0. The number of hydrogen-bond donors (Lipinski definition) is 15. The molecule has 0 aromatic rings. The van der Waals surface area contributed by atoms with Crippen molar-refractivity contribution < 1.29 is 89.5 Å².